The van der Waals surface area contributed by atoms with E-state index >= 15 is 0 Å². The van der Waals surface area contributed by atoms with Gasteiger partial charge in [0.25, 0.3) is 5.91 Å². The fraction of sp³-hybridized carbons (Fsp3) is 0.267. The Labute approximate surface area is 221 Å². The van der Waals surface area contributed by atoms with Crippen molar-refractivity contribution in [3.63, 3.8) is 0 Å². The summed E-state index contributed by atoms with van der Waals surface area (Å²) in [6.07, 6.45) is 4.15. The summed E-state index contributed by atoms with van der Waals surface area (Å²) in [5.74, 6) is 0.992. The zero-order valence-corrected chi connectivity index (χ0v) is 21.7. The molecule has 1 unspecified atom stereocenters. The summed E-state index contributed by atoms with van der Waals surface area (Å²) in [5, 5.41) is 11.2. The highest BCUT2D eigenvalue weighted by Crippen LogP contribution is 2.38. The average Bonchev–Trinajstić information content (AvgIpc) is 3.01. The first-order valence-corrected chi connectivity index (χ1v) is 12.7. The smallest absolute Gasteiger partial charge is 0.303 e. The predicted molar refractivity (Wildman–Crippen MR) is 148 cm³/mol. The van der Waals surface area contributed by atoms with E-state index < -0.39 is 5.97 Å². The normalized spacial score (nSPS) is 13.6. The van der Waals surface area contributed by atoms with Crippen LogP contribution < -0.4 is 14.5 Å². The lowest BCUT2D eigenvalue weighted by molar-refractivity contribution is -0.137. The molecule has 1 amide bonds. The van der Waals surface area contributed by atoms with Crippen LogP contribution in [0.15, 0.2) is 67.0 Å². The third-order valence-corrected chi connectivity index (χ3v) is 6.99. The number of carbonyl (C=O) groups is 2. The van der Waals surface area contributed by atoms with E-state index in [1.165, 1.54) is 0 Å². The Hall–Kier alpha value is -4.46. The monoisotopic (exact) mass is 510 g/mol. The molecule has 1 aliphatic heterocycles. The molecule has 0 saturated heterocycles. The Bertz CT molecular complexity index is 1520. The van der Waals surface area contributed by atoms with E-state index in [1.54, 1.807) is 24.3 Å². The number of aromatic nitrogens is 2. The number of anilines is 3. The minimum Gasteiger partial charge on any atom is -0.493 e. The topological polar surface area (TPSA) is 95.9 Å². The summed E-state index contributed by atoms with van der Waals surface area (Å²) in [4.78, 5) is 37.4. The van der Waals surface area contributed by atoms with Crippen molar-refractivity contribution < 1.29 is 19.4 Å². The van der Waals surface area contributed by atoms with E-state index in [4.69, 9.17) is 4.74 Å². The molecular weight excluding hydrogens is 480 g/mol. The molecule has 3 heterocycles. The summed E-state index contributed by atoms with van der Waals surface area (Å²) in [7, 11) is 1.76. The number of amides is 1. The Morgan fingerprint density at radius 1 is 1.05 bits per heavy atom. The van der Waals surface area contributed by atoms with Crippen LogP contribution in [0.3, 0.4) is 0 Å². The van der Waals surface area contributed by atoms with E-state index in [-0.39, 0.29) is 18.2 Å². The van der Waals surface area contributed by atoms with Crippen LogP contribution in [0.5, 0.6) is 5.75 Å². The van der Waals surface area contributed by atoms with Gasteiger partial charge in [0.05, 0.1) is 24.3 Å². The number of rotatable bonds is 8. The molecule has 8 heteroatoms. The second kappa shape index (κ2) is 10.5. The van der Waals surface area contributed by atoms with Gasteiger partial charge in [0.1, 0.15) is 11.6 Å². The number of carboxylic acid groups (broad SMARTS) is 1. The molecule has 1 aliphatic rings. The fourth-order valence-corrected chi connectivity index (χ4v) is 5.06. The number of carbonyl (C=O) groups excluding carboxylic acids is 1. The van der Waals surface area contributed by atoms with Gasteiger partial charge in [-0.2, -0.15) is 0 Å². The van der Waals surface area contributed by atoms with Gasteiger partial charge < -0.3 is 19.6 Å². The molecule has 8 nitrogen and oxygen atoms in total. The summed E-state index contributed by atoms with van der Waals surface area (Å²) in [6.45, 7) is 4.97. The quantitative estimate of drug-likeness (QED) is 0.331. The Balaban J connectivity index is 1.37. The highest BCUT2D eigenvalue weighted by Gasteiger charge is 2.30. The number of ether oxygens (including phenoxy) is 1. The van der Waals surface area contributed by atoms with Gasteiger partial charge in [-0.3, -0.25) is 9.59 Å². The van der Waals surface area contributed by atoms with E-state index in [0.29, 0.717) is 36.8 Å². The first kappa shape index (κ1) is 25.2. The number of benzene rings is 2. The van der Waals surface area contributed by atoms with Crippen LogP contribution in [0.2, 0.25) is 0 Å². The van der Waals surface area contributed by atoms with Crippen LogP contribution in [0, 0.1) is 0 Å². The van der Waals surface area contributed by atoms with Crippen LogP contribution in [0.1, 0.15) is 47.7 Å². The minimum absolute atomic E-state index is 0.0695. The van der Waals surface area contributed by atoms with Gasteiger partial charge in [-0.15, -0.1) is 0 Å². The van der Waals surface area contributed by atoms with Gasteiger partial charge in [0.2, 0.25) is 0 Å². The second-order valence-electron chi connectivity index (χ2n) is 9.47. The number of aliphatic carboxylic acids is 1. The maximum Gasteiger partial charge on any atom is 0.303 e. The molecule has 0 radical (unpaired) electrons. The van der Waals surface area contributed by atoms with Crippen molar-refractivity contribution >= 4 is 40.0 Å². The van der Waals surface area contributed by atoms with Crippen LogP contribution in [-0.4, -0.2) is 47.2 Å². The Morgan fingerprint density at radius 3 is 2.61 bits per heavy atom. The molecule has 4 aromatic rings. The highest BCUT2D eigenvalue weighted by atomic mass is 16.5. The van der Waals surface area contributed by atoms with Crippen molar-refractivity contribution in [2.75, 3.05) is 30.0 Å². The van der Waals surface area contributed by atoms with Gasteiger partial charge in [-0.25, -0.2) is 9.97 Å². The van der Waals surface area contributed by atoms with Crippen LogP contribution >= 0.6 is 0 Å². The van der Waals surface area contributed by atoms with Gasteiger partial charge in [0.15, 0.2) is 5.82 Å². The Morgan fingerprint density at radius 2 is 1.84 bits per heavy atom. The fourth-order valence-electron chi connectivity index (χ4n) is 5.06. The molecule has 0 saturated carbocycles. The van der Waals surface area contributed by atoms with Crippen molar-refractivity contribution in [1.29, 1.82) is 0 Å². The van der Waals surface area contributed by atoms with Crippen molar-refractivity contribution in [2.45, 2.75) is 32.6 Å². The molecule has 194 valence electrons. The molecule has 1 N–H and O–H groups in total. The van der Waals surface area contributed by atoms with E-state index in [1.807, 2.05) is 73.3 Å². The lowest BCUT2D eigenvalue weighted by Crippen LogP contribution is -2.25. The molecule has 0 bridgehead atoms. The van der Waals surface area contributed by atoms with Gasteiger partial charge in [-0.1, -0.05) is 37.3 Å². The molecular formula is C30H30N4O4. The van der Waals surface area contributed by atoms with Crippen molar-refractivity contribution in [3.8, 4) is 5.75 Å². The minimum atomic E-state index is -0.817. The molecule has 2 aromatic heterocycles. The number of nitrogens with zero attached hydrogens (tertiary/aromatic N) is 4. The second-order valence-corrected chi connectivity index (χ2v) is 9.47. The molecule has 0 spiro atoms. The number of pyridine rings is 2. The van der Waals surface area contributed by atoms with Crippen LogP contribution in [0.4, 0.5) is 17.3 Å². The maximum absolute atomic E-state index is 13.4. The first-order chi connectivity index (χ1) is 18.4. The van der Waals surface area contributed by atoms with E-state index in [9.17, 15) is 14.7 Å². The molecule has 0 fully saturated rings. The SMILES string of the molecule is CCN1c2ncc(CCOc3ccc(C(C)CC(=O)O)c4ccccc34)cc2C(=O)N(C)c2cccnc21. The lowest BCUT2D eigenvalue weighted by Gasteiger charge is -2.22. The van der Waals surface area contributed by atoms with Gasteiger partial charge in [0, 0.05) is 37.8 Å². The van der Waals surface area contributed by atoms with Gasteiger partial charge >= 0.3 is 5.97 Å². The molecule has 38 heavy (non-hydrogen) atoms. The van der Waals surface area contributed by atoms with Crippen LogP contribution in [-0.2, 0) is 11.2 Å². The maximum atomic E-state index is 13.4. The van der Waals surface area contributed by atoms with Crippen molar-refractivity contribution in [3.05, 3.63) is 83.7 Å². The third kappa shape index (κ3) is 4.65. The summed E-state index contributed by atoms with van der Waals surface area (Å²) >= 11 is 0. The largest absolute Gasteiger partial charge is 0.493 e. The average molecular weight is 511 g/mol. The lowest BCUT2D eigenvalue weighted by atomic mass is 9.92. The van der Waals surface area contributed by atoms with Crippen LogP contribution in [0.25, 0.3) is 10.8 Å². The van der Waals surface area contributed by atoms with Crippen molar-refractivity contribution in [1.82, 2.24) is 9.97 Å². The predicted octanol–water partition coefficient (Wildman–Crippen LogP) is 5.58. The number of carboxylic acids is 1. The molecule has 2 aromatic carbocycles. The standard InChI is InChI=1S/C30H30N4O4/c1-4-34-28-24(30(37)33(3)25-10-7-14-31-29(25)34)17-20(18-32-28)13-15-38-26-12-11-21(19(2)16-27(35)36)22-8-5-6-9-23(22)26/h5-12,14,17-19H,4,13,15-16H2,1-3H3,(H,35,36). The summed E-state index contributed by atoms with van der Waals surface area (Å²) in [6, 6.07) is 17.4. The third-order valence-electron chi connectivity index (χ3n) is 6.99. The first-order valence-electron chi connectivity index (χ1n) is 12.7. The number of hydrogen-bond acceptors (Lipinski definition) is 6. The summed E-state index contributed by atoms with van der Waals surface area (Å²) in [5.41, 5.74) is 3.17. The highest BCUT2D eigenvalue weighted by molar-refractivity contribution is 6.12. The Kier molecular flexibility index (Phi) is 6.96. The zero-order valence-electron chi connectivity index (χ0n) is 21.7. The molecule has 1 atom stereocenters. The number of fused-ring (bicyclic) bond motifs is 3. The van der Waals surface area contributed by atoms with E-state index in [0.717, 1.165) is 33.3 Å². The molecule has 0 aliphatic carbocycles. The molecule has 5 rings (SSSR count). The van der Waals surface area contributed by atoms with E-state index in [2.05, 4.69) is 9.97 Å². The van der Waals surface area contributed by atoms with Gasteiger partial charge in [-0.05, 0) is 53.6 Å². The van der Waals surface area contributed by atoms with Crippen molar-refractivity contribution in [2.24, 2.45) is 0 Å². The zero-order chi connectivity index (χ0) is 26.8. The summed E-state index contributed by atoms with van der Waals surface area (Å²) < 4.78 is 6.19. The number of hydrogen-bond donors (Lipinski definition) is 1.